The van der Waals surface area contributed by atoms with Crippen LogP contribution < -0.4 is 21.3 Å². The van der Waals surface area contributed by atoms with Gasteiger partial charge in [-0.2, -0.15) is 0 Å². The van der Waals surface area contributed by atoms with Gasteiger partial charge in [0.05, 0.1) is 12.1 Å². The van der Waals surface area contributed by atoms with E-state index in [9.17, 15) is 19.2 Å². The van der Waals surface area contributed by atoms with Crippen LogP contribution in [0.1, 0.15) is 153 Å². The van der Waals surface area contributed by atoms with Crippen LogP contribution in [0.2, 0.25) is 0 Å². The van der Waals surface area contributed by atoms with Gasteiger partial charge >= 0.3 is 12.1 Å². The van der Waals surface area contributed by atoms with Crippen molar-refractivity contribution in [3.63, 3.8) is 0 Å². The number of rotatable bonds is 8. The van der Waals surface area contributed by atoms with Crippen LogP contribution in [0.3, 0.4) is 0 Å². The van der Waals surface area contributed by atoms with Crippen molar-refractivity contribution >= 4 is 23.6 Å². The van der Waals surface area contributed by atoms with Crippen molar-refractivity contribution in [1.82, 2.24) is 31.1 Å². The van der Waals surface area contributed by atoms with Gasteiger partial charge in [-0.05, 0) is 196 Å². The molecule has 4 N–H and O–H groups in total. The van der Waals surface area contributed by atoms with Crippen LogP contribution in [0.4, 0.5) is 9.59 Å². The second-order valence-electron chi connectivity index (χ2n) is 22.6. The van der Waals surface area contributed by atoms with Gasteiger partial charge in [-0.15, -0.1) is 0 Å². The molecule has 4 saturated carbocycles. The summed E-state index contributed by atoms with van der Waals surface area (Å²) in [7, 11) is 0. The summed E-state index contributed by atoms with van der Waals surface area (Å²) in [6.45, 7) is 25.7. The van der Waals surface area contributed by atoms with Crippen molar-refractivity contribution in [3.8, 4) is 0 Å². The van der Waals surface area contributed by atoms with Crippen LogP contribution in [0.25, 0.3) is 0 Å². The SMILES string of the molecule is CCC1C(=O)CC[C@]2(C)[C@@H]3CC[C@@]4(C)[C@@H](CCC4(CNC(=O)NC(C)C)C4=CC(=O)C(C)N5CC[C@@H]6[C@@H](CC[C@]7(C)C(CNC(=O)NC(C)C)CC[C@@H]67)[C@@]45C)[C@@H]3CCN12. The van der Waals surface area contributed by atoms with Gasteiger partial charge in [0.2, 0.25) is 0 Å². The monoisotopic (exact) mass is 817 g/mol. The van der Waals surface area contributed by atoms with E-state index in [4.69, 9.17) is 0 Å². The van der Waals surface area contributed by atoms with E-state index in [1.165, 1.54) is 12.0 Å². The third-order valence-electron chi connectivity index (χ3n) is 19.8. The summed E-state index contributed by atoms with van der Waals surface area (Å²) < 4.78 is 0. The molecule has 0 radical (unpaired) electrons. The van der Waals surface area contributed by atoms with E-state index in [2.05, 4.69) is 78.7 Å². The van der Waals surface area contributed by atoms with Crippen molar-refractivity contribution in [3.05, 3.63) is 11.6 Å². The number of Topliss-reactive ketones (excluding diaryl/α,β-unsaturated/α-hetero) is 1. The van der Waals surface area contributed by atoms with Gasteiger partial charge in [-0.3, -0.25) is 19.4 Å². The first-order chi connectivity index (χ1) is 27.9. The van der Waals surface area contributed by atoms with E-state index in [1.807, 2.05) is 27.7 Å². The summed E-state index contributed by atoms with van der Waals surface area (Å²) in [5.41, 5.74) is 0.789. The number of carbonyl (C=O) groups is 4. The van der Waals surface area contributed by atoms with E-state index >= 15 is 0 Å². The molecule has 0 spiro atoms. The number of ketones is 2. The summed E-state index contributed by atoms with van der Waals surface area (Å²) in [6, 6.07) is -0.151. The first-order valence-electron chi connectivity index (χ1n) is 24.3. The summed E-state index contributed by atoms with van der Waals surface area (Å²) in [5.74, 6) is 4.28. The molecule has 3 saturated heterocycles. The van der Waals surface area contributed by atoms with E-state index in [0.717, 1.165) is 90.3 Å². The van der Waals surface area contributed by atoms with Crippen LogP contribution in [0.15, 0.2) is 11.6 Å². The van der Waals surface area contributed by atoms with Crippen molar-refractivity contribution in [2.45, 2.75) is 188 Å². The minimum absolute atomic E-state index is 0.0311. The Kier molecular flexibility index (Phi) is 11.3. The zero-order valence-electron chi connectivity index (χ0n) is 38.5. The molecule has 4 aliphatic heterocycles. The molecule has 0 aromatic heterocycles. The number of piperidine rings is 3. The van der Waals surface area contributed by atoms with E-state index in [-0.39, 0.29) is 69.3 Å². The van der Waals surface area contributed by atoms with Gasteiger partial charge in [0.25, 0.3) is 0 Å². The van der Waals surface area contributed by atoms with Crippen molar-refractivity contribution in [2.75, 3.05) is 26.2 Å². The normalized spacial score (nSPS) is 45.7. The van der Waals surface area contributed by atoms with Crippen LogP contribution >= 0.6 is 0 Å². The maximum absolute atomic E-state index is 14.5. The first kappa shape index (κ1) is 43.2. The van der Waals surface area contributed by atoms with Crippen molar-refractivity contribution < 1.29 is 19.2 Å². The van der Waals surface area contributed by atoms with Crippen LogP contribution in [-0.2, 0) is 9.59 Å². The van der Waals surface area contributed by atoms with Gasteiger partial charge in [0.1, 0.15) is 5.78 Å². The van der Waals surface area contributed by atoms with Crippen LogP contribution in [-0.4, -0.2) is 94.9 Å². The highest BCUT2D eigenvalue weighted by Crippen LogP contribution is 2.73. The number of amides is 4. The van der Waals surface area contributed by atoms with Gasteiger partial charge in [-0.25, -0.2) is 9.59 Å². The molecule has 4 aliphatic carbocycles. The molecule has 4 heterocycles. The molecule has 4 unspecified atom stereocenters. The molecule has 4 amide bonds. The summed E-state index contributed by atoms with van der Waals surface area (Å²) in [5, 5.41) is 12.9. The molecule has 8 rings (SSSR count). The predicted octanol–water partition coefficient (Wildman–Crippen LogP) is 7.86. The fraction of sp³-hybridized carbons (Fsp3) is 0.878. The third kappa shape index (κ3) is 6.50. The number of hydrogen-bond acceptors (Lipinski definition) is 6. The second kappa shape index (κ2) is 15.4. The molecule has 10 nitrogen and oxygen atoms in total. The first-order valence-corrected chi connectivity index (χ1v) is 24.3. The lowest BCUT2D eigenvalue weighted by Crippen LogP contribution is -2.71. The number of carbonyl (C=O) groups excluding carboxylic acids is 4. The lowest BCUT2D eigenvalue weighted by atomic mass is 9.44. The average molecular weight is 817 g/mol. The van der Waals surface area contributed by atoms with Crippen LogP contribution in [0, 0.1) is 57.7 Å². The molecule has 330 valence electrons. The minimum Gasteiger partial charge on any atom is -0.338 e. The molecule has 0 aromatic rings. The average Bonchev–Trinajstić information content (AvgIpc) is 3.67. The van der Waals surface area contributed by atoms with E-state index in [1.54, 1.807) is 0 Å². The highest BCUT2D eigenvalue weighted by atomic mass is 16.2. The molecule has 10 heteroatoms. The van der Waals surface area contributed by atoms with Gasteiger partial charge in [0, 0.05) is 54.6 Å². The summed E-state index contributed by atoms with van der Waals surface area (Å²) in [4.78, 5) is 59.4. The lowest BCUT2D eigenvalue weighted by molar-refractivity contribution is -0.161. The number of nitrogens with zero attached hydrogens (tertiary/aromatic N) is 2. The highest BCUT2D eigenvalue weighted by molar-refractivity contribution is 5.96. The predicted molar refractivity (Wildman–Crippen MR) is 234 cm³/mol. The number of hydrogen-bond donors (Lipinski definition) is 4. The standard InChI is InChI=1S/C49H80N6O4/c1-11-39-40(56)17-22-47(9)37-15-21-46(8)36(34(37)19-25-55(39)47)16-23-49(46,28-51-44(59)53-30(4)5)42-26-41(57)31(6)54-24-18-33-35-13-12-32(27-50-43(58)52-29(2)3)45(35,7)20-14-38(33)48(42,54)10/h26,29-39H,11-25,27-28H2,1-10H3,(H2,50,52,58)(H2,51,53,59)/t31?,32?,33-,34-,35-,36-,37+,38+,39?,45+,46-,47+,48-,49?/m0/s1. The zero-order chi connectivity index (χ0) is 42.4. The third-order valence-corrected chi connectivity index (χ3v) is 19.8. The Morgan fingerprint density at radius 1 is 0.746 bits per heavy atom. The largest absolute Gasteiger partial charge is 0.338 e. The smallest absolute Gasteiger partial charge is 0.315 e. The molecular weight excluding hydrogens is 737 g/mol. The Morgan fingerprint density at radius 3 is 2.05 bits per heavy atom. The number of urea groups is 2. The van der Waals surface area contributed by atoms with Crippen molar-refractivity contribution in [2.24, 2.45) is 57.7 Å². The van der Waals surface area contributed by atoms with Crippen LogP contribution in [0.5, 0.6) is 0 Å². The summed E-state index contributed by atoms with van der Waals surface area (Å²) >= 11 is 0. The number of fused-ring (bicyclic) bond motifs is 10. The summed E-state index contributed by atoms with van der Waals surface area (Å²) in [6.07, 6.45) is 15.8. The number of nitrogens with one attached hydrogen (secondary N) is 4. The Morgan fingerprint density at radius 2 is 1.37 bits per heavy atom. The molecule has 8 aliphatic rings. The quantitative estimate of drug-likeness (QED) is 0.198. The van der Waals surface area contributed by atoms with Gasteiger partial charge < -0.3 is 21.3 Å². The maximum Gasteiger partial charge on any atom is 0.315 e. The molecule has 14 atom stereocenters. The fourth-order valence-electron chi connectivity index (χ4n) is 17.0. The fourth-order valence-corrected chi connectivity index (χ4v) is 17.0. The molecule has 59 heavy (non-hydrogen) atoms. The maximum atomic E-state index is 14.5. The Labute approximate surface area is 356 Å². The lowest BCUT2D eigenvalue weighted by Gasteiger charge is -2.68. The van der Waals surface area contributed by atoms with Gasteiger partial charge in [-0.1, -0.05) is 20.8 Å². The highest BCUT2D eigenvalue weighted by Gasteiger charge is 2.71. The molecule has 0 bridgehead atoms. The molecule has 0 aromatic carbocycles. The second-order valence-corrected chi connectivity index (χ2v) is 22.6. The minimum atomic E-state index is -0.360. The molecular formula is C49H80N6O4. The van der Waals surface area contributed by atoms with Gasteiger partial charge in [0.15, 0.2) is 5.78 Å². The zero-order valence-corrected chi connectivity index (χ0v) is 38.5. The van der Waals surface area contributed by atoms with E-state index < -0.39 is 0 Å². The Hall–Kier alpha value is -2.46. The molecule has 7 fully saturated rings. The van der Waals surface area contributed by atoms with Crippen molar-refractivity contribution in [1.29, 1.82) is 0 Å². The Bertz CT molecular complexity index is 1710. The topological polar surface area (TPSA) is 123 Å². The van der Waals surface area contributed by atoms with E-state index in [0.29, 0.717) is 60.2 Å². The Balaban J connectivity index is 1.15.